The predicted octanol–water partition coefficient (Wildman–Crippen LogP) is 1.49. The number of carbonyl (C=O) groups excluding carboxylic acids is 1. The number of hydrogen-bond donors (Lipinski definition) is 1. The molecule has 2 aliphatic rings. The molecule has 4 heterocycles. The Morgan fingerprint density at radius 3 is 2.96 bits per heavy atom. The van der Waals surface area contributed by atoms with Crippen LogP contribution >= 0.6 is 0 Å². The van der Waals surface area contributed by atoms with E-state index in [1.54, 1.807) is 0 Å². The summed E-state index contributed by atoms with van der Waals surface area (Å²) in [6.45, 7) is 5.17. The molecule has 0 unspecified atom stereocenters. The lowest BCUT2D eigenvalue weighted by molar-refractivity contribution is -0.00702. The fourth-order valence-electron chi connectivity index (χ4n) is 3.69. The Bertz CT molecular complexity index is 846. The minimum Gasteiger partial charge on any atom is -0.369 e. The van der Waals surface area contributed by atoms with Crippen molar-refractivity contribution in [2.24, 2.45) is 0 Å². The maximum atomic E-state index is 13.1. The van der Waals surface area contributed by atoms with Crippen molar-refractivity contribution in [3.63, 3.8) is 0 Å². The molecule has 2 atom stereocenters. The minimum atomic E-state index is -0.0669. The highest BCUT2D eigenvalue weighted by Gasteiger charge is 2.32. The highest BCUT2D eigenvalue weighted by Crippen LogP contribution is 2.31. The van der Waals surface area contributed by atoms with Crippen molar-refractivity contribution in [1.82, 2.24) is 25.1 Å². The van der Waals surface area contributed by atoms with Gasteiger partial charge >= 0.3 is 0 Å². The molecule has 26 heavy (non-hydrogen) atoms. The molecule has 0 fully saturated rings. The summed E-state index contributed by atoms with van der Waals surface area (Å²) in [6, 6.07) is 0. The largest absolute Gasteiger partial charge is 0.369 e. The molecule has 0 saturated heterocycles. The molecule has 0 aromatic carbocycles. The van der Waals surface area contributed by atoms with Gasteiger partial charge in [0, 0.05) is 57.4 Å². The second-order valence-corrected chi connectivity index (χ2v) is 7.27. The molecule has 0 saturated carbocycles. The first kappa shape index (κ1) is 17.0. The summed E-state index contributed by atoms with van der Waals surface area (Å²) in [7, 11) is 3.85. The van der Waals surface area contributed by atoms with Gasteiger partial charge in [-0.3, -0.25) is 9.89 Å². The number of amides is 1. The molecule has 1 amide bonds. The lowest BCUT2D eigenvalue weighted by atomic mass is 9.98. The van der Waals surface area contributed by atoms with E-state index in [1.165, 1.54) is 0 Å². The summed E-state index contributed by atoms with van der Waals surface area (Å²) in [6.07, 6.45) is 3.28. The highest BCUT2D eigenvalue weighted by atomic mass is 16.5. The SMILES string of the molecule is C[C@@H]1Cc2c(C(=O)N3CCc4nc(N(C)C)ncc4C3)n[nH]c2[C@H](C)O1. The predicted molar refractivity (Wildman–Crippen MR) is 96.1 cm³/mol. The number of carbonyl (C=O) groups is 1. The number of H-pyrrole nitrogens is 1. The summed E-state index contributed by atoms with van der Waals surface area (Å²) in [5.74, 6) is 0.666. The van der Waals surface area contributed by atoms with Crippen LogP contribution in [0, 0.1) is 0 Å². The van der Waals surface area contributed by atoms with Crippen LogP contribution in [0.3, 0.4) is 0 Å². The zero-order valence-electron chi connectivity index (χ0n) is 15.6. The average molecular weight is 356 g/mol. The standard InChI is InChI=1S/C18H24N6O2/c1-10-7-13-15(11(2)26-10)21-22-16(13)17(25)24-6-5-14-12(9-24)8-19-18(20-14)23(3)4/h8,10-11H,5-7,9H2,1-4H3,(H,21,22)/t10-,11+/m1/s1. The molecule has 2 aliphatic heterocycles. The fraction of sp³-hybridized carbons (Fsp3) is 0.556. The van der Waals surface area contributed by atoms with Gasteiger partial charge in [0.25, 0.3) is 5.91 Å². The lowest BCUT2D eigenvalue weighted by Gasteiger charge is -2.29. The second-order valence-electron chi connectivity index (χ2n) is 7.27. The second kappa shape index (κ2) is 6.35. The van der Waals surface area contributed by atoms with Crippen LogP contribution < -0.4 is 4.90 Å². The number of nitrogens with one attached hydrogen (secondary N) is 1. The molecule has 8 heteroatoms. The molecule has 138 valence electrons. The maximum absolute atomic E-state index is 13.1. The van der Waals surface area contributed by atoms with Crippen molar-refractivity contribution >= 4 is 11.9 Å². The zero-order chi connectivity index (χ0) is 18.4. The van der Waals surface area contributed by atoms with Crippen LogP contribution in [0.25, 0.3) is 0 Å². The van der Waals surface area contributed by atoms with Gasteiger partial charge in [-0.1, -0.05) is 0 Å². The van der Waals surface area contributed by atoms with E-state index in [0.29, 0.717) is 31.2 Å². The smallest absolute Gasteiger partial charge is 0.274 e. The Balaban J connectivity index is 1.57. The van der Waals surface area contributed by atoms with Gasteiger partial charge in [0.15, 0.2) is 5.69 Å². The number of nitrogens with zero attached hydrogens (tertiary/aromatic N) is 5. The summed E-state index contributed by atoms with van der Waals surface area (Å²) in [5.41, 5.74) is 4.46. The van der Waals surface area contributed by atoms with Crippen molar-refractivity contribution in [2.45, 2.75) is 45.4 Å². The third kappa shape index (κ3) is 2.84. The summed E-state index contributed by atoms with van der Waals surface area (Å²) >= 11 is 0. The number of aromatic amines is 1. The van der Waals surface area contributed by atoms with Crippen LogP contribution in [0.2, 0.25) is 0 Å². The molecule has 2 aromatic rings. The van der Waals surface area contributed by atoms with Gasteiger partial charge in [-0.05, 0) is 13.8 Å². The van der Waals surface area contributed by atoms with Gasteiger partial charge in [-0.25, -0.2) is 9.97 Å². The van der Waals surface area contributed by atoms with Gasteiger partial charge in [-0.15, -0.1) is 0 Å². The van der Waals surface area contributed by atoms with E-state index in [2.05, 4.69) is 20.2 Å². The Labute approximate surface area is 152 Å². The Morgan fingerprint density at radius 2 is 2.19 bits per heavy atom. The van der Waals surface area contributed by atoms with Gasteiger partial charge in [0.2, 0.25) is 5.95 Å². The molecule has 8 nitrogen and oxygen atoms in total. The molecule has 0 radical (unpaired) electrons. The summed E-state index contributed by atoms with van der Waals surface area (Å²) < 4.78 is 5.81. The lowest BCUT2D eigenvalue weighted by Crippen LogP contribution is -2.37. The van der Waals surface area contributed by atoms with Crippen LogP contribution in [0.1, 0.15) is 53.0 Å². The Morgan fingerprint density at radius 1 is 1.38 bits per heavy atom. The first-order valence-electron chi connectivity index (χ1n) is 8.98. The first-order chi connectivity index (χ1) is 12.4. The zero-order valence-corrected chi connectivity index (χ0v) is 15.6. The van der Waals surface area contributed by atoms with Crippen molar-refractivity contribution < 1.29 is 9.53 Å². The molecule has 2 aromatic heterocycles. The van der Waals surface area contributed by atoms with E-state index >= 15 is 0 Å². The Hall–Kier alpha value is -2.48. The molecular weight excluding hydrogens is 332 g/mol. The van der Waals surface area contributed by atoms with Crippen LogP contribution in [0.15, 0.2) is 6.20 Å². The normalized spacial score (nSPS) is 21.9. The molecule has 0 bridgehead atoms. The average Bonchev–Trinajstić information content (AvgIpc) is 3.04. The topological polar surface area (TPSA) is 87.2 Å². The van der Waals surface area contributed by atoms with E-state index in [9.17, 15) is 4.79 Å². The van der Waals surface area contributed by atoms with Crippen LogP contribution in [-0.2, 0) is 24.1 Å². The molecule has 4 rings (SSSR count). The Kier molecular flexibility index (Phi) is 4.14. The number of hydrogen-bond acceptors (Lipinski definition) is 6. The quantitative estimate of drug-likeness (QED) is 0.877. The van der Waals surface area contributed by atoms with Crippen LogP contribution in [0.5, 0.6) is 0 Å². The van der Waals surface area contributed by atoms with Crippen molar-refractivity contribution in [3.05, 3.63) is 34.4 Å². The number of anilines is 1. The van der Waals surface area contributed by atoms with Gasteiger partial charge in [0.05, 0.1) is 23.6 Å². The number of fused-ring (bicyclic) bond motifs is 2. The third-order valence-corrected chi connectivity index (χ3v) is 5.04. The number of ether oxygens (including phenoxy) is 1. The van der Waals surface area contributed by atoms with Crippen LogP contribution in [-0.4, -0.2) is 57.7 Å². The minimum absolute atomic E-state index is 0.0360. The van der Waals surface area contributed by atoms with E-state index < -0.39 is 0 Å². The van der Waals surface area contributed by atoms with Crippen molar-refractivity contribution in [2.75, 3.05) is 25.5 Å². The van der Waals surface area contributed by atoms with Crippen LogP contribution in [0.4, 0.5) is 5.95 Å². The molecule has 0 aliphatic carbocycles. The van der Waals surface area contributed by atoms with Crippen molar-refractivity contribution in [3.8, 4) is 0 Å². The monoisotopic (exact) mass is 356 g/mol. The third-order valence-electron chi connectivity index (χ3n) is 5.04. The molecule has 1 N–H and O–H groups in total. The summed E-state index contributed by atoms with van der Waals surface area (Å²) in [5, 5.41) is 7.32. The number of rotatable bonds is 2. The van der Waals surface area contributed by atoms with Gasteiger partial charge in [-0.2, -0.15) is 5.10 Å². The van der Waals surface area contributed by atoms with E-state index in [1.807, 2.05) is 43.9 Å². The maximum Gasteiger partial charge on any atom is 0.274 e. The number of aromatic nitrogens is 4. The molecular formula is C18H24N6O2. The van der Waals surface area contributed by atoms with E-state index in [4.69, 9.17) is 4.74 Å². The van der Waals surface area contributed by atoms with Gasteiger partial charge < -0.3 is 14.5 Å². The van der Waals surface area contributed by atoms with E-state index in [0.717, 1.165) is 28.9 Å². The van der Waals surface area contributed by atoms with E-state index in [-0.39, 0.29) is 18.1 Å². The first-order valence-corrected chi connectivity index (χ1v) is 8.98. The molecule has 0 spiro atoms. The summed E-state index contributed by atoms with van der Waals surface area (Å²) in [4.78, 5) is 25.8. The fourth-order valence-corrected chi connectivity index (χ4v) is 3.69. The highest BCUT2D eigenvalue weighted by molar-refractivity contribution is 5.94. The van der Waals surface area contributed by atoms with Crippen molar-refractivity contribution in [1.29, 1.82) is 0 Å². The van der Waals surface area contributed by atoms with Gasteiger partial charge in [0.1, 0.15) is 0 Å².